The number of piperazine rings is 1. The van der Waals surface area contributed by atoms with Gasteiger partial charge in [0.15, 0.2) is 0 Å². The summed E-state index contributed by atoms with van der Waals surface area (Å²) in [5.41, 5.74) is 1.63. The number of carbonyl (C=O) groups is 1. The number of hydrogen-bond acceptors (Lipinski definition) is 7. The molecule has 1 N–H and O–H groups in total. The van der Waals surface area contributed by atoms with Crippen LogP contribution in [-0.2, 0) is 4.79 Å². The molecule has 0 bridgehead atoms. The molecule has 0 aliphatic carbocycles. The van der Waals surface area contributed by atoms with Gasteiger partial charge in [-0.2, -0.15) is 5.26 Å². The maximum absolute atomic E-state index is 12.8. The Hall–Kier alpha value is -3.28. The van der Waals surface area contributed by atoms with E-state index in [2.05, 4.69) is 31.2 Å². The number of aromatic nitrogens is 2. The Morgan fingerprint density at radius 2 is 1.93 bits per heavy atom. The van der Waals surface area contributed by atoms with Crippen LogP contribution in [0.2, 0.25) is 0 Å². The van der Waals surface area contributed by atoms with Crippen LogP contribution in [0.25, 0.3) is 0 Å². The van der Waals surface area contributed by atoms with Crippen molar-refractivity contribution in [3.8, 4) is 6.07 Å². The van der Waals surface area contributed by atoms with Gasteiger partial charge in [-0.1, -0.05) is 30.3 Å². The van der Waals surface area contributed by atoms with Gasteiger partial charge in [0, 0.05) is 44.0 Å². The Morgan fingerprint density at radius 1 is 1.13 bits per heavy atom. The normalized spacial score (nSPS) is 15.4. The average Bonchev–Trinajstić information content (AvgIpc) is 3.33. The van der Waals surface area contributed by atoms with E-state index >= 15 is 0 Å². The fourth-order valence-electron chi connectivity index (χ4n) is 3.52. The standard InChI is InChI=1S/C22H22N6OS/c23-15-17-6-7-24-19(14-17)28-11-9-27(10-12-28)16-20(29)26-21(22-25-8-13-30-22)18-4-2-1-3-5-18/h1-8,13-14,21H,9-12,16H2,(H,26,29). The van der Waals surface area contributed by atoms with Crippen LogP contribution in [0, 0.1) is 11.3 Å². The first-order valence-electron chi connectivity index (χ1n) is 9.80. The number of pyridine rings is 1. The zero-order valence-electron chi connectivity index (χ0n) is 16.4. The molecule has 1 unspecified atom stereocenters. The summed E-state index contributed by atoms with van der Waals surface area (Å²) in [6, 6.07) is 15.3. The number of carbonyl (C=O) groups excluding carboxylic acids is 1. The molecular weight excluding hydrogens is 396 g/mol. The molecule has 7 nitrogen and oxygen atoms in total. The van der Waals surface area contributed by atoms with Gasteiger partial charge in [0.2, 0.25) is 5.91 Å². The maximum Gasteiger partial charge on any atom is 0.235 e. The van der Waals surface area contributed by atoms with Crippen molar-refractivity contribution in [3.05, 3.63) is 76.4 Å². The number of hydrogen-bond donors (Lipinski definition) is 1. The van der Waals surface area contributed by atoms with Crippen molar-refractivity contribution in [3.63, 3.8) is 0 Å². The molecule has 0 radical (unpaired) electrons. The lowest BCUT2D eigenvalue weighted by molar-refractivity contribution is -0.122. The monoisotopic (exact) mass is 418 g/mol. The summed E-state index contributed by atoms with van der Waals surface area (Å²) in [7, 11) is 0. The van der Waals surface area contributed by atoms with Crippen molar-refractivity contribution in [1.29, 1.82) is 5.26 Å². The van der Waals surface area contributed by atoms with E-state index in [0.717, 1.165) is 42.6 Å². The van der Waals surface area contributed by atoms with Gasteiger partial charge in [0.1, 0.15) is 16.9 Å². The van der Waals surface area contributed by atoms with Crippen LogP contribution in [0.5, 0.6) is 0 Å². The van der Waals surface area contributed by atoms with Crippen molar-refractivity contribution in [1.82, 2.24) is 20.2 Å². The van der Waals surface area contributed by atoms with Crippen molar-refractivity contribution >= 4 is 23.1 Å². The molecule has 0 spiro atoms. The zero-order chi connectivity index (χ0) is 20.8. The smallest absolute Gasteiger partial charge is 0.235 e. The molecule has 2 aromatic heterocycles. The quantitative estimate of drug-likeness (QED) is 0.662. The first-order chi connectivity index (χ1) is 14.7. The van der Waals surface area contributed by atoms with Crippen LogP contribution in [0.1, 0.15) is 22.2 Å². The number of nitrogens with one attached hydrogen (secondary N) is 1. The summed E-state index contributed by atoms with van der Waals surface area (Å²) < 4.78 is 0. The average molecular weight is 419 g/mol. The molecule has 1 saturated heterocycles. The van der Waals surface area contributed by atoms with Gasteiger partial charge >= 0.3 is 0 Å². The van der Waals surface area contributed by atoms with E-state index < -0.39 is 0 Å². The van der Waals surface area contributed by atoms with E-state index in [0.29, 0.717) is 12.1 Å². The lowest BCUT2D eigenvalue weighted by Crippen LogP contribution is -2.50. The predicted molar refractivity (Wildman–Crippen MR) is 116 cm³/mol. The third kappa shape index (κ3) is 4.82. The Morgan fingerprint density at radius 3 is 2.63 bits per heavy atom. The molecule has 152 valence electrons. The number of nitriles is 1. The van der Waals surface area contributed by atoms with E-state index in [9.17, 15) is 4.79 Å². The fourth-order valence-corrected chi connectivity index (χ4v) is 4.23. The number of nitrogens with zero attached hydrogens (tertiary/aromatic N) is 5. The van der Waals surface area contributed by atoms with Crippen LogP contribution < -0.4 is 10.2 Å². The van der Waals surface area contributed by atoms with Gasteiger partial charge in [-0.15, -0.1) is 11.3 Å². The van der Waals surface area contributed by atoms with E-state index in [1.807, 2.05) is 35.7 Å². The van der Waals surface area contributed by atoms with E-state index in [1.165, 1.54) is 11.3 Å². The third-order valence-corrected chi connectivity index (χ3v) is 5.92. The first-order valence-corrected chi connectivity index (χ1v) is 10.7. The topological polar surface area (TPSA) is 85.2 Å². The number of rotatable bonds is 6. The highest BCUT2D eigenvalue weighted by Crippen LogP contribution is 2.23. The van der Waals surface area contributed by atoms with Crippen LogP contribution in [0.3, 0.4) is 0 Å². The molecule has 1 amide bonds. The minimum atomic E-state index is -0.238. The van der Waals surface area contributed by atoms with E-state index in [-0.39, 0.29) is 11.9 Å². The van der Waals surface area contributed by atoms with E-state index in [1.54, 1.807) is 24.5 Å². The molecule has 1 aromatic carbocycles. The second kappa shape index (κ2) is 9.48. The molecule has 1 atom stereocenters. The van der Waals surface area contributed by atoms with Gasteiger partial charge in [-0.25, -0.2) is 9.97 Å². The number of anilines is 1. The van der Waals surface area contributed by atoms with Crippen LogP contribution in [0.15, 0.2) is 60.2 Å². The summed E-state index contributed by atoms with van der Waals surface area (Å²) in [5, 5.41) is 15.0. The highest BCUT2D eigenvalue weighted by Gasteiger charge is 2.23. The molecule has 0 saturated carbocycles. The second-order valence-corrected chi connectivity index (χ2v) is 7.99. The number of amides is 1. The largest absolute Gasteiger partial charge is 0.354 e. The highest BCUT2D eigenvalue weighted by molar-refractivity contribution is 7.09. The van der Waals surface area contributed by atoms with Gasteiger partial charge in [-0.05, 0) is 17.7 Å². The molecule has 1 fully saturated rings. The lowest BCUT2D eigenvalue weighted by atomic mass is 10.1. The molecule has 1 aliphatic rings. The Bertz CT molecular complexity index is 1010. The van der Waals surface area contributed by atoms with Crippen molar-refractivity contribution in [2.24, 2.45) is 0 Å². The molecular formula is C22H22N6OS. The lowest BCUT2D eigenvalue weighted by Gasteiger charge is -2.35. The summed E-state index contributed by atoms with van der Waals surface area (Å²) in [5.74, 6) is 0.795. The van der Waals surface area contributed by atoms with Crippen LogP contribution in [-0.4, -0.2) is 53.5 Å². The second-order valence-electron chi connectivity index (χ2n) is 7.06. The van der Waals surface area contributed by atoms with Crippen LogP contribution in [0.4, 0.5) is 5.82 Å². The Kier molecular flexibility index (Phi) is 6.32. The summed E-state index contributed by atoms with van der Waals surface area (Å²) >= 11 is 1.54. The first kappa shape index (κ1) is 20.0. The van der Waals surface area contributed by atoms with Crippen molar-refractivity contribution in [2.75, 3.05) is 37.6 Å². The number of thiazole rings is 1. The van der Waals surface area contributed by atoms with Gasteiger partial charge in [0.05, 0.1) is 18.2 Å². The van der Waals surface area contributed by atoms with E-state index in [4.69, 9.17) is 5.26 Å². The minimum absolute atomic E-state index is 0.0166. The van der Waals surface area contributed by atoms with Crippen molar-refractivity contribution < 1.29 is 4.79 Å². The maximum atomic E-state index is 12.8. The summed E-state index contributed by atoms with van der Waals surface area (Å²) in [4.78, 5) is 25.9. The van der Waals surface area contributed by atoms with Crippen LogP contribution >= 0.6 is 11.3 Å². The van der Waals surface area contributed by atoms with Gasteiger partial charge < -0.3 is 10.2 Å². The number of benzene rings is 1. The molecule has 8 heteroatoms. The third-order valence-electron chi connectivity index (χ3n) is 5.07. The SMILES string of the molecule is N#Cc1ccnc(N2CCN(CC(=O)NC(c3ccccc3)c3nccs3)CC2)c1. The van der Waals surface area contributed by atoms with Crippen molar-refractivity contribution in [2.45, 2.75) is 6.04 Å². The molecule has 3 heterocycles. The highest BCUT2D eigenvalue weighted by atomic mass is 32.1. The van der Waals surface area contributed by atoms with Gasteiger partial charge in [0.25, 0.3) is 0 Å². The Balaban J connectivity index is 1.34. The summed E-state index contributed by atoms with van der Waals surface area (Å²) in [6.45, 7) is 3.40. The molecule has 30 heavy (non-hydrogen) atoms. The predicted octanol–water partition coefficient (Wildman–Crippen LogP) is 2.44. The minimum Gasteiger partial charge on any atom is -0.354 e. The molecule has 3 aromatic rings. The fraction of sp³-hybridized carbons (Fsp3) is 0.273. The zero-order valence-corrected chi connectivity index (χ0v) is 17.3. The Labute approximate surface area is 179 Å². The summed E-state index contributed by atoms with van der Waals surface area (Å²) in [6.07, 6.45) is 3.42. The van der Waals surface area contributed by atoms with Gasteiger partial charge in [-0.3, -0.25) is 9.69 Å². The molecule has 4 rings (SSSR count). The molecule has 1 aliphatic heterocycles.